The predicted molar refractivity (Wildman–Crippen MR) is 64.7 cm³/mol. The first kappa shape index (κ1) is 18.2. The fourth-order valence-corrected chi connectivity index (χ4v) is 1.42. The molecule has 5 N–H and O–H groups in total. The van der Waals surface area contributed by atoms with E-state index in [0.717, 1.165) is 0 Å². The third-order valence-corrected chi connectivity index (χ3v) is 2.66. The average molecular weight is 306 g/mol. The summed E-state index contributed by atoms with van der Waals surface area (Å²) in [5.74, 6) is -4.16. The topological polar surface area (TPSA) is 166 Å². The number of hydrogen-bond donors (Lipinski definition) is 4. The summed E-state index contributed by atoms with van der Waals surface area (Å²) in [7, 11) is 0. The van der Waals surface area contributed by atoms with Gasteiger partial charge in [-0.05, 0) is 0 Å². The number of nitrogens with one attached hydrogen (secondary N) is 2. The quantitative estimate of drug-likeness (QED) is 0.310. The molecule has 0 spiro atoms. The lowest BCUT2D eigenvalue weighted by atomic mass is 10.1. The van der Waals surface area contributed by atoms with E-state index in [-0.39, 0.29) is 18.6 Å². The minimum atomic E-state index is -1.46. The van der Waals surface area contributed by atoms with Crippen molar-refractivity contribution in [2.24, 2.45) is 0 Å². The van der Waals surface area contributed by atoms with Crippen LogP contribution >= 0.6 is 12.6 Å². The van der Waals surface area contributed by atoms with E-state index >= 15 is 0 Å². The molecule has 0 radical (unpaired) electrons. The number of thiol groups is 1. The fraction of sp³-hybridized carbons (Fsp3) is 0.600. The summed E-state index contributed by atoms with van der Waals surface area (Å²) < 4.78 is 0. The molecule has 0 aromatic rings. The number of carbonyl (C=O) groups excluding carboxylic acids is 4. The standard InChI is InChI=1S/C10H17N3O6S/c11-5(10(18)19)1-2-7(14)13-6(4-20)9(17)12-3-8(15)16/h5-6,20H,1-4,11H2,(H,12,17)(H,13,14)(H,15,16)(H,18,19)/p-1/t5-,6?/m0/s1. The highest BCUT2D eigenvalue weighted by Crippen LogP contribution is 1.95. The molecule has 0 aromatic carbocycles. The largest absolute Gasteiger partial charge is 0.548 e. The molecule has 9 nitrogen and oxygen atoms in total. The average Bonchev–Trinajstić information content (AvgIpc) is 2.38. The van der Waals surface area contributed by atoms with E-state index in [1.165, 1.54) is 0 Å². The van der Waals surface area contributed by atoms with Crippen LogP contribution in [0.15, 0.2) is 0 Å². The molecule has 0 saturated carbocycles. The van der Waals surface area contributed by atoms with Gasteiger partial charge in [-0.3, -0.25) is 9.59 Å². The van der Waals surface area contributed by atoms with Crippen LogP contribution in [0, 0.1) is 0 Å². The molecule has 0 fully saturated rings. The minimum Gasteiger partial charge on any atom is -0.548 e. The Morgan fingerprint density at radius 3 is 2.25 bits per heavy atom. The SMILES string of the molecule is [NH3+][C@@H](CCC(=O)NC(CS)C(=O)NCC(=O)[O-])C(=O)[O-]. The van der Waals surface area contributed by atoms with Crippen LogP contribution < -0.4 is 26.6 Å². The number of carboxylic acids is 2. The number of hydrogen-bond acceptors (Lipinski definition) is 7. The molecule has 0 aliphatic heterocycles. The smallest absolute Gasteiger partial charge is 0.243 e. The zero-order valence-electron chi connectivity index (χ0n) is 10.6. The highest BCUT2D eigenvalue weighted by atomic mass is 32.1. The Hall–Kier alpha value is -1.81. The van der Waals surface area contributed by atoms with Crippen molar-refractivity contribution in [2.45, 2.75) is 24.9 Å². The molecule has 0 saturated heterocycles. The second-order valence-electron chi connectivity index (χ2n) is 3.95. The second kappa shape index (κ2) is 9.15. The first-order valence-corrected chi connectivity index (χ1v) is 6.32. The van der Waals surface area contributed by atoms with Gasteiger partial charge >= 0.3 is 0 Å². The van der Waals surface area contributed by atoms with Crippen LogP contribution in [0.25, 0.3) is 0 Å². The summed E-state index contributed by atoms with van der Waals surface area (Å²) in [5, 5.41) is 24.9. The van der Waals surface area contributed by atoms with Crippen molar-refractivity contribution in [1.29, 1.82) is 0 Å². The van der Waals surface area contributed by atoms with Gasteiger partial charge in [0.05, 0.1) is 18.5 Å². The molecule has 0 bridgehead atoms. The zero-order valence-corrected chi connectivity index (χ0v) is 11.5. The van der Waals surface area contributed by atoms with E-state index in [4.69, 9.17) is 0 Å². The first-order chi connectivity index (χ1) is 9.27. The summed E-state index contributed by atoms with van der Waals surface area (Å²) in [6, 6.07) is -2.04. The maximum atomic E-state index is 11.5. The Labute approximate surface area is 120 Å². The number of amides is 2. The van der Waals surface area contributed by atoms with Gasteiger partial charge in [0.2, 0.25) is 11.8 Å². The van der Waals surface area contributed by atoms with Gasteiger partial charge in [0.25, 0.3) is 0 Å². The van der Waals surface area contributed by atoms with Gasteiger partial charge in [0, 0.05) is 18.6 Å². The highest BCUT2D eigenvalue weighted by Gasteiger charge is 2.19. The molecule has 1 unspecified atom stereocenters. The summed E-state index contributed by atoms with van der Waals surface area (Å²) in [6.45, 7) is -0.676. The van der Waals surface area contributed by atoms with Crippen LogP contribution in [0.3, 0.4) is 0 Å². The third kappa shape index (κ3) is 7.59. The monoisotopic (exact) mass is 306 g/mol. The molecule has 114 valence electrons. The molecule has 0 rings (SSSR count). The van der Waals surface area contributed by atoms with Crippen molar-refractivity contribution in [3.05, 3.63) is 0 Å². The van der Waals surface area contributed by atoms with E-state index in [9.17, 15) is 29.4 Å². The van der Waals surface area contributed by atoms with E-state index < -0.39 is 42.4 Å². The molecule has 10 heteroatoms. The number of quaternary nitrogens is 1. The van der Waals surface area contributed by atoms with Gasteiger partial charge in [-0.25, -0.2) is 0 Å². The van der Waals surface area contributed by atoms with Crippen LogP contribution in [0.4, 0.5) is 0 Å². The molecule has 0 aliphatic rings. The second-order valence-corrected chi connectivity index (χ2v) is 4.31. The third-order valence-electron chi connectivity index (χ3n) is 2.29. The number of carbonyl (C=O) groups is 4. The molecule has 2 atom stereocenters. The van der Waals surface area contributed by atoms with Crippen molar-refractivity contribution < 1.29 is 35.1 Å². The molecule has 0 aromatic heterocycles. The number of aliphatic carboxylic acids is 2. The minimum absolute atomic E-state index is 0.0336. The molecule has 2 amide bonds. The van der Waals surface area contributed by atoms with E-state index in [0.29, 0.717) is 0 Å². The predicted octanol–water partition coefficient (Wildman–Crippen LogP) is -5.59. The lowest BCUT2D eigenvalue weighted by Crippen LogP contribution is -2.68. The van der Waals surface area contributed by atoms with Crippen molar-refractivity contribution in [3.63, 3.8) is 0 Å². The zero-order chi connectivity index (χ0) is 15.7. The molecular formula is C10H16N3O6S-. The van der Waals surface area contributed by atoms with Crippen molar-refractivity contribution in [3.8, 4) is 0 Å². The van der Waals surface area contributed by atoms with Crippen LogP contribution in [0.1, 0.15) is 12.8 Å². The first-order valence-electron chi connectivity index (χ1n) is 5.69. The molecule has 0 heterocycles. The maximum Gasteiger partial charge on any atom is 0.243 e. The lowest BCUT2D eigenvalue weighted by Gasteiger charge is -2.17. The summed E-state index contributed by atoms with van der Waals surface area (Å²) in [4.78, 5) is 43.5. The van der Waals surface area contributed by atoms with Crippen LogP contribution in [-0.4, -0.2) is 48.1 Å². The maximum absolute atomic E-state index is 11.5. The summed E-state index contributed by atoms with van der Waals surface area (Å²) in [5.41, 5.74) is 3.28. The van der Waals surface area contributed by atoms with E-state index in [1.807, 2.05) is 5.32 Å². The Bertz CT molecular complexity index is 389. The number of rotatable bonds is 9. The van der Waals surface area contributed by atoms with Gasteiger partial charge in [0.15, 0.2) is 0 Å². The van der Waals surface area contributed by atoms with E-state index in [1.54, 1.807) is 0 Å². The van der Waals surface area contributed by atoms with Crippen LogP contribution in [0.5, 0.6) is 0 Å². The van der Waals surface area contributed by atoms with Crippen molar-refractivity contribution in [1.82, 2.24) is 10.6 Å². The van der Waals surface area contributed by atoms with Gasteiger partial charge in [-0.2, -0.15) is 12.6 Å². The van der Waals surface area contributed by atoms with Gasteiger partial charge in [-0.15, -0.1) is 0 Å². The van der Waals surface area contributed by atoms with Crippen LogP contribution in [0.2, 0.25) is 0 Å². The normalized spacial score (nSPS) is 13.1. The van der Waals surface area contributed by atoms with E-state index in [2.05, 4.69) is 23.7 Å². The molecular weight excluding hydrogens is 290 g/mol. The van der Waals surface area contributed by atoms with Gasteiger partial charge in [0.1, 0.15) is 12.1 Å². The highest BCUT2D eigenvalue weighted by molar-refractivity contribution is 7.80. The van der Waals surface area contributed by atoms with Crippen molar-refractivity contribution >= 4 is 36.4 Å². The Kier molecular flexibility index (Phi) is 8.32. The van der Waals surface area contributed by atoms with Crippen LogP contribution in [-0.2, 0) is 19.2 Å². The number of carboxylic acid groups (broad SMARTS) is 2. The molecule has 0 aliphatic carbocycles. The summed E-state index contributed by atoms with van der Waals surface area (Å²) in [6.07, 6.45) is -0.186. The lowest BCUT2D eigenvalue weighted by molar-refractivity contribution is -0.438. The molecule has 20 heavy (non-hydrogen) atoms. The Morgan fingerprint density at radius 1 is 1.20 bits per heavy atom. The van der Waals surface area contributed by atoms with Gasteiger partial charge in [-0.1, -0.05) is 0 Å². The Balaban J connectivity index is 4.21. The van der Waals surface area contributed by atoms with Crippen molar-refractivity contribution in [2.75, 3.05) is 12.3 Å². The van der Waals surface area contributed by atoms with Gasteiger partial charge < -0.3 is 36.2 Å². The summed E-state index contributed by atoms with van der Waals surface area (Å²) >= 11 is 3.86. The Morgan fingerprint density at radius 2 is 1.80 bits per heavy atom. The fourth-order valence-electron chi connectivity index (χ4n) is 1.17.